The van der Waals surface area contributed by atoms with Crippen molar-refractivity contribution in [3.05, 3.63) is 89.1 Å². The van der Waals surface area contributed by atoms with Crippen LogP contribution in [0.4, 0.5) is 4.39 Å². The van der Waals surface area contributed by atoms with Crippen molar-refractivity contribution in [2.75, 3.05) is 27.2 Å². The molecule has 1 saturated heterocycles. The monoisotopic (exact) mass is 464 g/mol. The first kappa shape index (κ1) is 24.0. The molecule has 0 radical (unpaired) electrons. The summed E-state index contributed by atoms with van der Waals surface area (Å²) in [6, 6.07) is 17.0. The molecule has 6 heteroatoms. The van der Waals surface area contributed by atoms with Gasteiger partial charge in [0.2, 0.25) is 0 Å². The average molecular weight is 465 g/mol. The third-order valence-corrected chi connectivity index (χ3v) is 7.02. The fourth-order valence-electron chi connectivity index (χ4n) is 4.96. The number of methoxy groups -OCH3 is 1. The molecular formula is C28H33FN2O3. The molecule has 5 nitrogen and oxygen atoms in total. The van der Waals surface area contributed by atoms with Gasteiger partial charge in [-0.2, -0.15) is 0 Å². The lowest BCUT2D eigenvalue weighted by atomic mass is 9.84. The summed E-state index contributed by atoms with van der Waals surface area (Å²) < 4.78 is 25.0. The van der Waals surface area contributed by atoms with E-state index >= 15 is 0 Å². The van der Waals surface area contributed by atoms with E-state index in [1.54, 1.807) is 31.6 Å². The van der Waals surface area contributed by atoms with Gasteiger partial charge >= 0.3 is 0 Å². The minimum absolute atomic E-state index is 0.00642. The van der Waals surface area contributed by atoms with Gasteiger partial charge in [-0.3, -0.25) is 9.69 Å². The molecule has 0 aliphatic carbocycles. The van der Waals surface area contributed by atoms with Crippen LogP contribution in [-0.4, -0.2) is 49.0 Å². The third-order valence-electron chi connectivity index (χ3n) is 7.02. The summed E-state index contributed by atoms with van der Waals surface area (Å²) in [5.41, 5.74) is 2.49. The summed E-state index contributed by atoms with van der Waals surface area (Å²) in [4.78, 5) is 17.5. The number of rotatable bonds is 8. The SMILES string of the molecule is COc1ccc(F)c(CN2CCC([C@@H](Cc3ccccc3)N(C)C(=O)c3ccoc3C)CC2)c1. The first-order valence-corrected chi connectivity index (χ1v) is 11.9. The number of halogens is 1. The lowest BCUT2D eigenvalue weighted by molar-refractivity contribution is 0.0582. The number of carbonyl (C=O) groups excluding carboxylic acids is 1. The molecule has 2 heterocycles. The Morgan fingerprint density at radius 1 is 1.18 bits per heavy atom. The molecule has 0 bridgehead atoms. The highest BCUT2D eigenvalue weighted by molar-refractivity contribution is 5.95. The maximum Gasteiger partial charge on any atom is 0.257 e. The highest BCUT2D eigenvalue weighted by atomic mass is 19.1. The number of hydrogen-bond donors (Lipinski definition) is 0. The summed E-state index contributed by atoms with van der Waals surface area (Å²) in [5.74, 6) is 1.46. The zero-order chi connectivity index (χ0) is 24.1. The van der Waals surface area contributed by atoms with Crippen LogP contribution >= 0.6 is 0 Å². The van der Waals surface area contributed by atoms with Gasteiger partial charge in [0.25, 0.3) is 5.91 Å². The molecule has 0 unspecified atom stereocenters. The van der Waals surface area contributed by atoms with Crippen LogP contribution in [0.3, 0.4) is 0 Å². The molecule has 1 aliphatic heterocycles. The first-order valence-electron chi connectivity index (χ1n) is 11.9. The molecule has 1 fully saturated rings. The fourth-order valence-corrected chi connectivity index (χ4v) is 4.96. The topological polar surface area (TPSA) is 45.9 Å². The predicted octanol–water partition coefficient (Wildman–Crippen LogP) is 5.33. The van der Waals surface area contributed by atoms with Crippen molar-refractivity contribution >= 4 is 5.91 Å². The number of likely N-dealkylation sites (tertiary alicyclic amines) is 1. The van der Waals surface area contributed by atoms with E-state index in [-0.39, 0.29) is 17.8 Å². The standard InChI is InChI=1S/C28H33FN2O3/c1-20-25(13-16-34-20)28(32)30(2)27(17-21-7-5-4-6-8-21)22-11-14-31(15-12-22)19-23-18-24(33-3)9-10-26(23)29/h4-10,13,16,18,22,27H,11-12,14-15,17,19H2,1-3H3/t27-/m1/s1. The lowest BCUT2D eigenvalue weighted by Gasteiger charge is -2.40. The Balaban J connectivity index is 1.47. The van der Waals surface area contributed by atoms with Gasteiger partial charge in [0, 0.05) is 25.2 Å². The first-order chi connectivity index (χ1) is 16.5. The minimum Gasteiger partial charge on any atom is -0.497 e. The second kappa shape index (κ2) is 10.9. The number of aryl methyl sites for hydroxylation is 1. The molecule has 0 saturated carbocycles. The highest BCUT2D eigenvalue weighted by Crippen LogP contribution is 2.29. The molecule has 1 atom stereocenters. The van der Waals surface area contributed by atoms with Crippen molar-refractivity contribution in [2.45, 2.75) is 38.8 Å². The molecule has 0 spiro atoms. The molecule has 34 heavy (non-hydrogen) atoms. The Labute approximate surface area is 201 Å². The van der Waals surface area contributed by atoms with Crippen LogP contribution in [0.1, 0.15) is 40.1 Å². The van der Waals surface area contributed by atoms with Crippen molar-refractivity contribution < 1.29 is 18.3 Å². The van der Waals surface area contributed by atoms with E-state index in [0.29, 0.717) is 35.1 Å². The minimum atomic E-state index is -0.203. The molecule has 1 amide bonds. The zero-order valence-corrected chi connectivity index (χ0v) is 20.2. The summed E-state index contributed by atoms with van der Waals surface area (Å²) in [6.45, 7) is 4.10. The van der Waals surface area contributed by atoms with E-state index in [1.807, 2.05) is 37.1 Å². The van der Waals surface area contributed by atoms with Crippen molar-refractivity contribution in [2.24, 2.45) is 5.92 Å². The molecule has 180 valence electrons. The Kier molecular flexibility index (Phi) is 7.68. The Morgan fingerprint density at radius 2 is 1.91 bits per heavy atom. The van der Waals surface area contributed by atoms with E-state index in [4.69, 9.17) is 9.15 Å². The smallest absolute Gasteiger partial charge is 0.257 e. The number of amides is 1. The van der Waals surface area contributed by atoms with Crippen LogP contribution in [0.5, 0.6) is 5.75 Å². The zero-order valence-electron chi connectivity index (χ0n) is 20.2. The van der Waals surface area contributed by atoms with Gasteiger partial charge in [-0.25, -0.2) is 4.39 Å². The maximum atomic E-state index is 14.3. The number of nitrogens with zero attached hydrogens (tertiary/aromatic N) is 2. The summed E-state index contributed by atoms with van der Waals surface area (Å²) in [5, 5.41) is 0. The third kappa shape index (κ3) is 5.50. The number of piperidine rings is 1. The molecule has 4 rings (SSSR count). The molecule has 1 aliphatic rings. The van der Waals surface area contributed by atoms with Gasteiger partial charge in [-0.05, 0) is 75.0 Å². The van der Waals surface area contributed by atoms with Crippen LogP contribution < -0.4 is 4.74 Å². The number of furan rings is 1. The lowest BCUT2D eigenvalue weighted by Crippen LogP contribution is -2.47. The van der Waals surface area contributed by atoms with Gasteiger partial charge in [0.1, 0.15) is 17.3 Å². The van der Waals surface area contributed by atoms with E-state index in [0.717, 1.165) is 32.4 Å². The summed E-state index contributed by atoms with van der Waals surface area (Å²) in [6.07, 6.45) is 4.27. The molecule has 3 aromatic rings. The van der Waals surface area contributed by atoms with E-state index in [1.165, 1.54) is 11.6 Å². The average Bonchev–Trinajstić information content (AvgIpc) is 3.30. The van der Waals surface area contributed by atoms with Crippen LogP contribution in [0.15, 0.2) is 65.3 Å². The van der Waals surface area contributed by atoms with Gasteiger partial charge in [0.05, 0.1) is 18.9 Å². The quantitative estimate of drug-likeness (QED) is 0.452. The second-order valence-corrected chi connectivity index (χ2v) is 9.13. The van der Waals surface area contributed by atoms with Crippen LogP contribution in [0.2, 0.25) is 0 Å². The van der Waals surface area contributed by atoms with Crippen molar-refractivity contribution in [3.8, 4) is 5.75 Å². The number of ether oxygens (including phenoxy) is 1. The normalized spacial score (nSPS) is 15.8. The second-order valence-electron chi connectivity index (χ2n) is 9.13. The molecule has 2 aromatic carbocycles. The highest BCUT2D eigenvalue weighted by Gasteiger charge is 2.33. The Hall–Kier alpha value is -3.12. The number of hydrogen-bond acceptors (Lipinski definition) is 4. The predicted molar refractivity (Wildman–Crippen MR) is 130 cm³/mol. The van der Waals surface area contributed by atoms with E-state index in [2.05, 4.69) is 17.0 Å². The van der Waals surface area contributed by atoms with Crippen molar-refractivity contribution in [1.82, 2.24) is 9.80 Å². The van der Waals surface area contributed by atoms with Crippen LogP contribution in [-0.2, 0) is 13.0 Å². The summed E-state index contributed by atoms with van der Waals surface area (Å²) in [7, 11) is 3.50. The molecule has 0 N–H and O–H groups in total. The van der Waals surface area contributed by atoms with E-state index in [9.17, 15) is 9.18 Å². The van der Waals surface area contributed by atoms with Gasteiger partial charge in [-0.15, -0.1) is 0 Å². The van der Waals surface area contributed by atoms with Gasteiger partial charge < -0.3 is 14.1 Å². The van der Waals surface area contributed by atoms with Crippen LogP contribution in [0.25, 0.3) is 0 Å². The number of likely N-dealkylation sites (N-methyl/N-ethyl adjacent to an activating group) is 1. The fraction of sp³-hybridized carbons (Fsp3) is 0.393. The number of carbonyl (C=O) groups is 1. The Morgan fingerprint density at radius 3 is 2.56 bits per heavy atom. The molecular weight excluding hydrogens is 431 g/mol. The van der Waals surface area contributed by atoms with E-state index < -0.39 is 0 Å². The van der Waals surface area contributed by atoms with Gasteiger partial charge in [0.15, 0.2) is 0 Å². The van der Waals surface area contributed by atoms with Crippen molar-refractivity contribution in [3.63, 3.8) is 0 Å². The largest absolute Gasteiger partial charge is 0.497 e. The molecule has 1 aromatic heterocycles. The van der Waals surface area contributed by atoms with Crippen molar-refractivity contribution in [1.29, 1.82) is 0 Å². The number of benzene rings is 2. The van der Waals surface area contributed by atoms with Gasteiger partial charge in [-0.1, -0.05) is 30.3 Å². The maximum absolute atomic E-state index is 14.3. The van der Waals surface area contributed by atoms with Crippen LogP contribution in [0, 0.1) is 18.7 Å². The summed E-state index contributed by atoms with van der Waals surface area (Å²) >= 11 is 0. The Bertz CT molecular complexity index is 1090.